The maximum atomic E-state index is 10.4. The van der Waals surface area contributed by atoms with Crippen LogP contribution in [-0.2, 0) is 0 Å². The third kappa shape index (κ3) is 4.97. The van der Waals surface area contributed by atoms with Crippen molar-refractivity contribution in [2.75, 3.05) is 13.1 Å². The van der Waals surface area contributed by atoms with Crippen LogP contribution in [0.5, 0.6) is 0 Å². The molecule has 1 aliphatic heterocycles. The monoisotopic (exact) mass is 251 g/mol. The van der Waals surface area contributed by atoms with Crippen LogP contribution in [-0.4, -0.2) is 35.2 Å². The van der Waals surface area contributed by atoms with Crippen LogP contribution in [0.3, 0.4) is 0 Å². The van der Waals surface area contributed by atoms with Gasteiger partial charge in [-0.15, -0.1) is 0 Å². The molecule has 0 saturated carbocycles. The summed E-state index contributed by atoms with van der Waals surface area (Å²) < 4.78 is 0. The van der Waals surface area contributed by atoms with Gasteiger partial charge in [-0.2, -0.15) is 0 Å². The molecule has 0 bridgehead atoms. The first kappa shape index (κ1) is 14.2. The van der Waals surface area contributed by atoms with E-state index in [0.29, 0.717) is 0 Å². The molecule has 1 aromatic carbocycles. The van der Waals surface area contributed by atoms with Crippen molar-refractivity contribution >= 4 is 11.9 Å². The normalized spacial score (nSPS) is 14.2. The van der Waals surface area contributed by atoms with Crippen molar-refractivity contribution in [2.45, 2.75) is 19.3 Å². The summed E-state index contributed by atoms with van der Waals surface area (Å²) >= 11 is 0. The zero-order valence-electron chi connectivity index (χ0n) is 10.1. The van der Waals surface area contributed by atoms with Crippen molar-refractivity contribution in [1.29, 1.82) is 0 Å². The molecule has 2 rings (SSSR count). The van der Waals surface area contributed by atoms with Gasteiger partial charge in [0.05, 0.1) is 11.1 Å². The summed E-state index contributed by atoms with van der Waals surface area (Å²) in [6, 6.07) is 5.20. The van der Waals surface area contributed by atoms with Gasteiger partial charge in [0.1, 0.15) is 0 Å². The molecule has 0 aliphatic carbocycles. The minimum absolute atomic E-state index is 0.0186. The summed E-state index contributed by atoms with van der Waals surface area (Å²) in [4.78, 5) is 20.8. The van der Waals surface area contributed by atoms with E-state index in [1.54, 1.807) is 0 Å². The van der Waals surface area contributed by atoms with E-state index in [1.807, 2.05) is 0 Å². The van der Waals surface area contributed by atoms with Crippen LogP contribution in [0.25, 0.3) is 0 Å². The lowest BCUT2D eigenvalue weighted by molar-refractivity contribution is 0.0696. The third-order valence-electron chi connectivity index (χ3n) is 2.56. The Morgan fingerprint density at radius 3 is 1.72 bits per heavy atom. The number of carboxylic acids is 2. The Morgan fingerprint density at radius 2 is 1.44 bits per heavy atom. The standard InChI is InChI=1S/C8H6O4.C5H11N/c9-7(10)5-2-1-3-6(4-5)8(11)12;1-2-4-6-5-3-1/h1-4H,(H,9,10)(H,11,12);6H,1-5H2. The average Bonchev–Trinajstić information content (AvgIpc) is 2.41. The van der Waals surface area contributed by atoms with Gasteiger partial charge in [-0.05, 0) is 44.1 Å². The quantitative estimate of drug-likeness (QED) is 0.746. The number of nitrogens with one attached hydrogen (secondary N) is 1. The van der Waals surface area contributed by atoms with Crippen molar-refractivity contribution in [3.63, 3.8) is 0 Å². The maximum Gasteiger partial charge on any atom is 0.335 e. The van der Waals surface area contributed by atoms with Crippen molar-refractivity contribution in [2.24, 2.45) is 0 Å². The predicted molar refractivity (Wildman–Crippen MR) is 67.1 cm³/mol. The van der Waals surface area contributed by atoms with Gasteiger partial charge in [0.15, 0.2) is 0 Å². The van der Waals surface area contributed by atoms with Gasteiger partial charge in [0.25, 0.3) is 0 Å². The second-order valence-corrected chi connectivity index (χ2v) is 4.00. The molecular formula is C13H17NO4. The average molecular weight is 251 g/mol. The van der Waals surface area contributed by atoms with E-state index in [9.17, 15) is 9.59 Å². The molecule has 1 aliphatic rings. The molecule has 98 valence electrons. The number of carboxylic acid groups (broad SMARTS) is 2. The molecule has 0 spiro atoms. The largest absolute Gasteiger partial charge is 0.478 e. The lowest BCUT2D eigenvalue weighted by Gasteiger charge is -2.08. The second-order valence-electron chi connectivity index (χ2n) is 4.00. The number of carbonyl (C=O) groups is 2. The summed E-state index contributed by atoms with van der Waals surface area (Å²) in [7, 11) is 0. The van der Waals surface area contributed by atoms with Crippen LogP contribution < -0.4 is 5.32 Å². The molecule has 0 aromatic heterocycles. The van der Waals surface area contributed by atoms with Crippen molar-refractivity contribution in [3.8, 4) is 0 Å². The zero-order chi connectivity index (χ0) is 13.4. The maximum absolute atomic E-state index is 10.4. The van der Waals surface area contributed by atoms with E-state index in [4.69, 9.17) is 10.2 Å². The van der Waals surface area contributed by atoms with Crippen LogP contribution in [0.4, 0.5) is 0 Å². The van der Waals surface area contributed by atoms with Gasteiger partial charge in [-0.25, -0.2) is 9.59 Å². The Morgan fingerprint density at radius 1 is 0.944 bits per heavy atom. The van der Waals surface area contributed by atoms with E-state index in [1.165, 1.54) is 50.6 Å². The fraction of sp³-hybridized carbons (Fsp3) is 0.385. The minimum Gasteiger partial charge on any atom is -0.478 e. The molecule has 0 unspecified atom stereocenters. The molecule has 0 amide bonds. The highest BCUT2D eigenvalue weighted by Crippen LogP contribution is 2.04. The Kier molecular flexibility index (Phi) is 5.87. The smallest absolute Gasteiger partial charge is 0.335 e. The van der Waals surface area contributed by atoms with Gasteiger partial charge in [0, 0.05) is 0 Å². The summed E-state index contributed by atoms with van der Waals surface area (Å²) in [5.74, 6) is -2.25. The molecule has 1 heterocycles. The summed E-state index contributed by atoms with van der Waals surface area (Å²) in [5, 5.41) is 20.3. The number of aromatic carboxylic acids is 2. The molecule has 1 aromatic rings. The van der Waals surface area contributed by atoms with E-state index >= 15 is 0 Å². The number of benzene rings is 1. The first-order valence-electron chi connectivity index (χ1n) is 5.88. The topological polar surface area (TPSA) is 86.6 Å². The highest BCUT2D eigenvalue weighted by atomic mass is 16.4. The molecule has 5 heteroatoms. The van der Waals surface area contributed by atoms with Gasteiger partial charge >= 0.3 is 11.9 Å². The van der Waals surface area contributed by atoms with Crippen LogP contribution in [0.1, 0.15) is 40.0 Å². The molecule has 1 saturated heterocycles. The molecule has 3 N–H and O–H groups in total. The van der Waals surface area contributed by atoms with Crippen molar-refractivity contribution in [1.82, 2.24) is 5.32 Å². The van der Waals surface area contributed by atoms with Gasteiger partial charge < -0.3 is 15.5 Å². The van der Waals surface area contributed by atoms with Crippen LogP contribution >= 0.6 is 0 Å². The second kappa shape index (κ2) is 7.45. The summed E-state index contributed by atoms with van der Waals surface area (Å²) in [5.41, 5.74) is -0.0372. The summed E-state index contributed by atoms with van der Waals surface area (Å²) in [6.07, 6.45) is 4.22. The van der Waals surface area contributed by atoms with E-state index in [-0.39, 0.29) is 11.1 Å². The lowest BCUT2D eigenvalue weighted by atomic mass is 10.1. The van der Waals surface area contributed by atoms with Crippen LogP contribution in [0.2, 0.25) is 0 Å². The molecule has 1 fully saturated rings. The molecule has 18 heavy (non-hydrogen) atoms. The van der Waals surface area contributed by atoms with Crippen molar-refractivity contribution in [3.05, 3.63) is 35.4 Å². The summed E-state index contributed by atoms with van der Waals surface area (Å²) in [6.45, 7) is 2.50. The number of hydrogen-bond acceptors (Lipinski definition) is 3. The Labute approximate surface area is 105 Å². The molecule has 5 nitrogen and oxygen atoms in total. The Bertz CT molecular complexity index is 372. The molecule has 0 atom stereocenters. The third-order valence-corrected chi connectivity index (χ3v) is 2.56. The van der Waals surface area contributed by atoms with Crippen molar-refractivity contribution < 1.29 is 19.8 Å². The highest BCUT2D eigenvalue weighted by molar-refractivity contribution is 5.93. The zero-order valence-corrected chi connectivity index (χ0v) is 10.1. The van der Waals surface area contributed by atoms with E-state index in [2.05, 4.69) is 5.32 Å². The molecular weight excluding hydrogens is 234 g/mol. The first-order chi connectivity index (χ1) is 8.61. The minimum atomic E-state index is -1.13. The Balaban J connectivity index is 0.000000225. The predicted octanol–water partition coefficient (Wildman–Crippen LogP) is 1.84. The molecule has 0 radical (unpaired) electrons. The number of rotatable bonds is 2. The van der Waals surface area contributed by atoms with Gasteiger partial charge in [-0.1, -0.05) is 12.5 Å². The first-order valence-corrected chi connectivity index (χ1v) is 5.88. The van der Waals surface area contributed by atoms with Gasteiger partial charge in [0.2, 0.25) is 0 Å². The highest BCUT2D eigenvalue weighted by Gasteiger charge is 2.06. The lowest BCUT2D eigenvalue weighted by Crippen LogP contribution is -2.21. The van der Waals surface area contributed by atoms with E-state index < -0.39 is 11.9 Å². The Hall–Kier alpha value is -1.88. The fourth-order valence-electron chi connectivity index (χ4n) is 1.59. The van der Waals surface area contributed by atoms with Crippen LogP contribution in [0.15, 0.2) is 24.3 Å². The van der Waals surface area contributed by atoms with Gasteiger partial charge in [-0.3, -0.25) is 0 Å². The number of hydrogen-bond donors (Lipinski definition) is 3. The fourth-order valence-corrected chi connectivity index (χ4v) is 1.59. The van der Waals surface area contributed by atoms with E-state index in [0.717, 1.165) is 6.07 Å². The number of piperidine rings is 1. The SMILES string of the molecule is C1CCNCC1.O=C(O)c1cccc(C(=O)O)c1. The van der Waals surface area contributed by atoms with Crippen LogP contribution in [0, 0.1) is 0 Å².